The first-order valence-electron chi connectivity index (χ1n) is 7.23. The maximum atomic E-state index is 12.3. The number of hydrogen-bond donors (Lipinski definition) is 1. The normalized spacial score (nSPS) is 12.6. The Morgan fingerprint density at radius 2 is 2.09 bits per heavy atom. The average Bonchev–Trinajstić information content (AvgIpc) is 2.43. The summed E-state index contributed by atoms with van der Waals surface area (Å²) in [5, 5.41) is 11.6. The van der Waals surface area contributed by atoms with Crippen LogP contribution in [0.15, 0.2) is 24.3 Å². The third-order valence-corrected chi connectivity index (χ3v) is 3.07. The molecule has 0 saturated carbocycles. The summed E-state index contributed by atoms with van der Waals surface area (Å²) in [6.45, 7) is 3.97. The van der Waals surface area contributed by atoms with Crippen LogP contribution < -0.4 is 10.1 Å². The molecule has 1 unspecified atom stereocenters. The Bertz CT molecular complexity index is 565. The van der Waals surface area contributed by atoms with Crippen molar-refractivity contribution >= 4 is 5.91 Å². The Balaban J connectivity index is 2.83. The number of ether oxygens (including phenoxy) is 1. The number of rotatable bonds is 7. The third kappa shape index (κ3) is 7.54. The van der Waals surface area contributed by atoms with Gasteiger partial charge < -0.3 is 10.1 Å². The Hall–Kier alpha value is -2.23. The highest BCUT2D eigenvalue weighted by atomic mass is 19.4. The lowest BCUT2D eigenvalue weighted by Gasteiger charge is -2.18. The molecule has 0 spiro atoms. The molecule has 7 heteroatoms. The number of carbonyl (C=O) groups excluding carboxylic acids is 1. The molecule has 0 aromatic heterocycles. The van der Waals surface area contributed by atoms with E-state index in [9.17, 15) is 18.0 Å². The number of carbonyl (C=O) groups is 1. The van der Waals surface area contributed by atoms with E-state index in [-0.39, 0.29) is 18.1 Å². The lowest BCUT2D eigenvalue weighted by Crippen LogP contribution is -2.28. The third-order valence-electron chi connectivity index (χ3n) is 3.07. The van der Waals surface area contributed by atoms with E-state index in [1.54, 1.807) is 6.07 Å². The first-order chi connectivity index (χ1) is 10.7. The lowest BCUT2D eigenvalue weighted by atomic mass is 10.0. The van der Waals surface area contributed by atoms with Crippen LogP contribution in [0.3, 0.4) is 0 Å². The fraction of sp³-hybridized carbons (Fsp3) is 0.500. The minimum absolute atomic E-state index is 0.0388. The first kappa shape index (κ1) is 18.8. The SMILES string of the molecule is CC(C)CCC(=O)NC(CC#N)c1cccc(OC(F)(F)F)c1. The van der Waals surface area contributed by atoms with E-state index < -0.39 is 12.4 Å². The highest BCUT2D eigenvalue weighted by molar-refractivity contribution is 5.76. The van der Waals surface area contributed by atoms with Gasteiger partial charge in [-0.2, -0.15) is 5.26 Å². The van der Waals surface area contributed by atoms with Crippen LogP contribution in [0.25, 0.3) is 0 Å². The van der Waals surface area contributed by atoms with Gasteiger partial charge in [0.15, 0.2) is 0 Å². The van der Waals surface area contributed by atoms with E-state index in [4.69, 9.17) is 5.26 Å². The monoisotopic (exact) mass is 328 g/mol. The van der Waals surface area contributed by atoms with Gasteiger partial charge >= 0.3 is 6.36 Å². The van der Waals surface area contributed by atoms with Crippen LogP contribution in [0, 0.1) is 17.2 Å². The van der Waals surface area contributed by atoms with Crippen LogP contribution in [0.2, 0.25) is 0 Å². The number of amides is 1. The average molecular weight is 328 g/mol. The second-order valence-corrected chi connectivity index (χ2v) is 5.54. The molecule has 4 nitrogen and oxygen atoms in total. The number of nitriles is 1. The molecule has 0 bridgehead atoms. The van der Waals surface area contributed by atoms with Crippen molar-refractivity contribution in [2.75, 3.05) is 0 Å². The molecule has 0 saturated heterocycles. The zero-order valence-corrected chi connectivity index (χ0v) is 13.0. The molecule has 1 rings (SSSR count). The molecule has 0 aliphatic carbocycles. The predicted molar refractivity (Wildman–Crippen MR) is 78.3 cm³/mol. The summed E-state index contributed by atoms with van der Waals surface area (Å²) in [6.07, 6.45) is -3.83. The molecule has 0 aliphatic heterocycles. The number of halogens is 3. The van der Waals surface area contributed by atoms with Crippen LogP contribution in [0.5, 0.6) is 5.75 Å². The minimum Gasteiger partial charge on any atom is -0.406 e. The second kappa shape index (κ2) is 8.42. The van der Waals surface area contributed by atoms with E-state index in [0.717, 1.165) is 0 Å². The van der Waals surface area contributed by atoms with E-state index in [0.29, 0.717) is 24.3 Å². The predicted octanol–water partition coefficient (Wildman–Crippen LogP) is 4.09. The van der Waals surface area contributed by atoms with Gasteiger partial charge in [-0.15, -0.1) is 13.2 Å². The van der Waals surface area contributed by atoms with Gasteiger partial charge in [-0.3, -0.25) is 4.79 Å². The van der Waals surface area contributed by atoms with Crippen LogP contribution in [0.4, 0.5) is 13.2 Å². The summed E-state index contributed by atoms with van der Waals surface area (Å²) in [7, 11) is 0. The molecule has 0 aliphatic rings. The minimum atomic E-state index is -4.79. The highest BCUT2D eigenvalue weighted by Crippen LogP contribution is 2.26. The maximum absolute atomic E-state index is 12.3. The molecular formula is C16H19F3N2O2. The summed E-state index contributed by atoms with van der Waals surface area (Å²) in [4.78, 5) is 11.9. The van der Waals surface area contributed by atoms with Crippen molar-refractivity contribution in [3.05, 3.63) is 29.8 Å². The molecule has 0 heterocycles. The molecule has 1 aromatic carbocycles. The van der Waals surface area contributed by atoms with Gasteiger partial charge in [-0.05, 0) is 30.0 Å². The molecule has 1 amide bonds. The van der Waals surface area contributed by atoms with Gasteiger partial charge in [0, 0.05) is 6.42 Å². The number of hydrogen-bond acceptors (Lipinski definition) is 3. The summed E-state index contributed by atoms with van der Waals surface area (Å²) >= 11 is 0. The van der Waals surface area contributed by atoms with E-state index in [1.807, 2.05) is 19.9 Å². The summed E-state index contributed by atoms with van der Waals surface area (Å²) in [6, 6.07) is 6.54. The van der Waals surface area contributed by atoms with Crippen molar-refractivity contribution in [2.24, 2.45) is 5.92 Å². The number of nitrogens with one attached hydrogen (secondary N) is 1. The standard InChI is InChI=1S/C16H19F3N2O2/c1-11(2)6-7-15(22)21-14(8-9-20)12-4-3-5-13(10-12)23-16(17,18)19/h3-5,10-11,14H,6-8H2,1-2H3,(H,21,22). The Labute approximate surface area is 133 Å². The molecule has 0 radical (unpaired) electrons. The van der Waals surface area contributed by atoms with Gasteiger partial charge in [-0.25, -0.2) is 0 Å². The van der Waals surface area contributed by atoms with Gasteiger partial charge in [0.05, 0.1) is 18.5 Å². The number of alkyl halides is 3. The number of nitrogens with zero attached hydrogens (tertiary/aromatic N) is 1. The van der Waals surface area contributed by atoms with Crippen LogP contribution in [0.1, 0.15) is 44.7 Å². The lowest BCUT2D eigenvalue weighted by molar-refractivity contribution is -0.274. The molecule has 23 heavy (non-hydrogen) atoms. The van der Waals surface area contributed by atoms with Crippen LogP contribution in [-0.2, 0) is 4.79 Å². The second-order valence-electron chi connectivity index (χ2n) is 5.54. The highest BCUT2D eigenvalue weighted by Gasteiger charge is 2.31. The van der Waals surface area contributed by atoms with Crippen molar-refractivity contribution in [2.45, 2.75) is 45.5 Å². The van der Waals surface area contributed by atoms with E-state index in [2.05, 4.69) is 10.1 Å². The van der Waals surface area contributed by atoms with Crippen LogP contribution in [-0.4, -0.2) is 12.3 Å². The number of benzene rings is 1. The van der Waals surface area contributed by atoms with Crippen molar-refractivity contribution < 1.29 is 22.7 Å². The van der Waals surface area contributed by atoms with Crippen molar-refractivity contribution in [1.29, 1.82) is 5.26 Å². The van der Waals surface area contributed by atoms with Crippen LogP contribution >= 0.6 is 0 Å². The molecule has 126 valence electrons. The molecule has 0 fully saturated rings. The van der Waals surface area contributed by atoms with Crippen molar-refractivity contribution in [3.63, 3.8) is 0 Å². The summed E-state index contributed by atoms with van der Waals surface area (Å²) in [5.74, 6) is -0.255. The molecule has 1 aromatic rings. The van der Waals surface area contributed by atoms with E-state index in [1.165, 1.54) is 18.2 Å². The van der Waals surface area contributed by atoms with Crippen molar-refractivity contribution in [3.8, 4) is 11.8 Å². The van der Waals surface area contributed by atoms with Gasteiger partial charge in [0.1, 0.15) is 5.75 Å². The zero-order chi connectivity index (χ0) is 17.5. The first-order valence-corrected chi connectivity index (χ1v) is 7.23. The van der Waals surface area contributed by atoms with E-state index >= 15 is 0 Å². The van der Waals surface area contributed by atoms with Crippen molar-refractivity contribution in [1.82, 2.24) is 5.32 Å². The molecular weight excluding hydrogens is 309 g/mol. The fourth-order valence-electron chi connectivity index (χ4n) is 1.96. The fourth-order valence-corrected chi connectivity index (χ4v) is 1.96. The Kier molecular flexibility index (Phi) is 6.89. The largest absolute Gasteiger partial charge is 0.573 e. The quantitative estimate of drug-likeness (QED) is 0.820. The van der Waals surface area contributed by atoms with Gasteiger partial charge in [-0.1, -0.05) is 26.0 Å². The Morgan fingerprint density at radius 3 is 2.65 bits per heavy atom. The maximum Gasteiger partial charge on any atom is 0.573 e. The van der Waals surface area contributed by atoms with Gasteiger partial charge in [0.2, 0.25) is 5.91 Å². The smallest absolute Gasteiger partial charge is 0.406 e. The molecule has 1 N–H and O–H groups in total. The molecule has 1 atom stereocenters. The Morgan fingerprint density at radius 1 is 1.39 bits per heavy atom. The summed E-state index contributed by atoms with van der Waals surface area (Å²) < 4.78 is 40.7. The zero-order valence-electron chi connectivity index (χ0n) is 13.0. The summed E-state index contributed by atoms with van der Waals surface area (Å²) in [5.41, 5.74) is 0.395. The topological polar surface area (TPSA) is 62.1 Å². The van der Waals surface area contributed by atoms with Gasteiger partial charge in [0.25, 0.3) is 0 Å².